The van der Waals surface area contributed by atoms with Crippen molar-refractivity contribution >= 4 is 23.4 Å². The van der Waals surface area contributed by atoms with E-state index in [2.05, 4.69) is 9.97 Å². The fraction of sp³-hybridized carbons (Fsp3) is 0.267. The molecule has 5 nitrogen and oxygen atoms in total. The van der Waals surface area contributed by atoms with E-state index in [1.807, 2.05) is 38.1 Å². The number of nitrogens with zero attached hydrogens (tertiary/aromatic N) is 3. The normalized spacial score (nSPS) is 17.2. The molecule has 6 heteroatoms. The third-order valence-electron chi connectivity index (χ3n) is 3.47. The van der Waals surface area contributed by atoms with Crippen LogP contribution in [-0.4, -0.2) is 22.9 Å². The predicted molar refractivity (Wildman–Crippen MR) is 82.4 cm³/mol. The third kappa shape index (κ3) is 2.52. The Kier molecular flexibility index (Phi) is 3.43. The number of likely N-dealkylation sites (N-methyl/N-ethyl adjacent to an activating group) is 1. The molecule has 0 aliphatic carbocycles. The Morgan fingerprint density at radius 2 is 1.86 bits per heavy atom. The van der Waals surface area contributed by atoms with Gasteiger partial charge >= 0.3 is 0 Å². The van der Waals surface area contributed by atoms with Gasteiger partial charge in [-0.05, 0) is 43.8 Å². The third-order valence-corrected chi connectivity index (χ3v) is 4.32. The number of aromatic nitrogens is 2. The van der Waals surface area contributed by atoms with Crippen LogP contribution in [-0.2, 0) is 4.79 Å². The summed E-state index contributed by atoms with van der Waals surface area (Å²) in [4.78, 5) is 23.3. The van der Waals surface area contributed by atoms with Gasteiger partial charge in [0.05, 0.1) is 0 Å². The van der Waals surface area contributed by atoms with Crippen LogP contribution in [0.2, 0.25) is 0 Å². The number of carbonyl (C=O) groups is 1. The van der Waals surface area contributed by atoms with Crippen LogP contribution in [0.3, 0.4) is 0 Å². The zero-order chi connectivity index (χ0) is 15.1. The van der Waals surface area contributed by atoms with E-state index in [0.717, 1.165) is 27.5 Å². The number of rotatable bonds is 2. The first-order valence-electron chi connectivity index (χ1n) is 6.63. The molecule has 0 fully saturated rings. The van der Waals surface area contributed by atoms with Crippen LogP contribution in [0, 0.1) is 13.8 Å². The second-order valence-corrected chi connectivity index (χ2v) is 6.17. The number of benzene rings is 1. The van der Waals surface area contributed by atoms with E-state index in [1.165, 1.54) is 11.8 Å². The number of anilines is 1. The van der Waals surface area contributed by atoms with Gasteiger partial charge in [0.15, 0.2) is 5.16 Å². The van der Waals surface area contributed by atoms with Crippen molar-refractivity contribution in [2.45, 2.75) is 29.9 Å². The molecule has 1 aliphatic heterocycles. The molecule has 108 valence electrons. The maximum absolute atomic E-state index is 11.9. The van der Waals surface area contributed by atoms with Gasteiger partial charge in [-0.3, -0.25) is 4.79 Å². The fourth-order valence-corrected chi connectivity index (χ4v) is 3.34. The molecule has 0 saturated carbocycles. The van der Waals surface area contributed by atoms with Crippen LogP contribution in [0.4, 0.5) is 5.69 Å². The smallest absolute Gasteiger partial charge is 0.248 e. The molecule has 1 aliphatic rings. The fourth-order valence-electron chi connectivity index (χ4n) is 2.45. The molecule has 0 spiro atoms. The number of hydrogen-bond acceptors (Lipinski definition) is 5. The van der Waals surface area contributed by atoms with Gasteiger partial charge in [-0.1, -0.05) is 6.07 Å². The largest absolute Gasteiger partial charge is 0.316 e. The molecule has 2 N–H and O–H groups in total. The minimum absolute atomic E-state index is 0.0743. The van der Waals surface area contributed by atoms with Gasteiger partial charge in [0.1, 0.15) is 6.04 Å². The Labute approximate surface area is 127 Å². The summed E-state index contributed by atoms with van der Waals surface area (Å²) >= 11 is 1.49. The summed E-state index contributed by atoms with van der Waals surface area (Å²) in [5.41, 5.74) is 9.52. The quantitative estimate of drug-likeness (QED) is 0.861. The van der Waals surface area contributed by atoms with Crippen molar-refractivity contribution in [2.75, 3.05) is 11.9 Å². The van der Waals surface area contributed by atoms with Gasteiger partial charge in [0, 0.05) is 34.6 Å². The first-order valence-corrected chi connectivity index (χ1v) is 7.44. The highest BCUT2D eigenvalue weighted by Gasteiger charge is 2.32. The number of nitrogens with two attached hydrogens (primary N) is 1. The first-order chi connectivity index (χ1) is 9.95. The molecule has 1 amide bonds. The van der Waals surface area contributed by atoms with Crippen molar-refractivity contribution in [1.82, 2.24) is 9.97 Å². The van der Waals surface area contributed by atoms with E-state index in [-0.39, 0.29) is 5.91 Å². The second-order valence-electron chi connectivity index (χ2n) is 5.13. The standard InChI is InChI=1S/C15H16N4OS/c1-8-6-9(2)18-15(17-8)21-10-4-5-11-12(7-10)19(3)14(20)13(11)16/h4-7,13H,16H2,1-3H3. The SMILES string of the molecule is Cc1cc(C)nc(Sc2ccc3c(c2)N(C)C(=O)C3N)n1. The van der Waals surface area contributed by atoms with Crippen LogP contribution in [0.15, 0.2) is 34.3 Å². The van der Waals surface area contributed by atoms with Crippen molar-refractivity contribution in [3.8, 4) is 0 Å². The lowest BCUT2D eigenvalue weighted by Crippen LogP contribution is -2.27. The van der Waals surface area contributed by atoms with E-state index < -0.39 is 6.04 Å². The summed E-state index contributed by atoms with van der Waals surface area (Å²) in [5, 5.41) is 0.712. The summed E-state index contributed by atoms with van der Waals surface area (Å²) in [6.07, 6.45) is 0. The molecule has 3 rings (SSSR count). The first kappa shape index (κ1) is 14.0. The van der Waals surface area contributed by atoms with Gasteiger partial charge in [-0.25, -0.2) is 9.97 Å². The van der Waals surface area contributed by atoms with Gasteiger partial charge in [0.25, 0.3) is 0 Å². The van der Waals surface area contributed by atoms with Crippen molar-refractivity contribution in [2.24, 2.45) is 5.73 Å². The molecule has 0 radical (unpaired) electrons. The van der Waals surface area contributed by atoms with Crippen molar-refractivity contribution in [3.63, 3.8) is 0 Å². The Hall–Kier alpha value is -1.92. The minimum atomic E-state index is -0.554. The topological polar surface area (TPSA) is 72.1 Å². The summed E-state index contributed by atoms with van der Waals surface area (Å²) in [6, 6.07) is 7.22. The summed E-state index contributed by atoms with van der Waals surface area (Å²) in [7, 11) is 1.75. The zero-order valence-electron chi connectivity index (χ0n) is 12.1. The van der Waals surface area contributed by atoms with E-state index in [4.69, 9.17) is 5.73 Å². The minimum Gasteiger partial charge on any atom is -0.316 e. The van der Waals surface area contributed by atoms with Gasteiger partial charge in [-0.15, -0.1) is 0 Å². The molecule has 0 bridgehead atoms. The highest BCUT2D eigenvalue weighted by molar-refractivity contribution is 7.99. The molecular formula is C15H16N4OS. The van der Waals surface area contributed by atoms with E-state index in [1.54, 1.807) is 11.9 Å². The number of hydrogen-bond donors (Lipinski definition) is 1. The van der Waals surface area contributed by atoms with Gasteiger partial charge in [-0.2, -0.15) is 0 Å². The van der Waals surface area contributed by atoms with Crippen molar-refractivity contribution < 1.29 is 4.79 Å². The van der Waals surface area contributed by atoms with Gasteiger partial charge in [0.2, 0.25) is 5.91 Å². The van der Waals surface area contributed by atoms with Crippen LogP contribution in [0.25, 0.3) is 0 Å². The molecule has 21 heavy (non-hydrogen) atoms. The van der Waals surface area contributed by atoms with Gasteiger partial charge < -0.3 is 10.6 Å². The Bertz CT molecular complexity index is 711. The molecule has 1 aromatic heterocycles. The number of aryl methyl sites for hydroxylation is 2. The lowest BCUT2D eigenvalue weighted by atomic mass is 10.1. The highest BCUT2D eigenvalue weighted by Crippen LogP contribution is 2.37. The molecular weight excluding hydrogens is 284 g/mol. The van der Waals surface area contributed by atoms with Crippen LogP contribution >= 0.6 is 11.8 Å². The highest BCUT2D eigenvalue weighted by atomic mass is 32.2. The average molecular weight is 300 g/mol. The molecule has 0 saturated heterocycles. The van der Waals surface area contributed by atoms with E-state index in [9.17, 15) is 4.79 Å². The average Bonchev–Trinajstić information content (AvgIpc) is 2.63. The summed E-state index contributed by atoms with van der Waals surface area (Å²) in [6.45, 7) is 3.90. The number of fused-ring (bicyclic) bond motifs is 1. The van der Waals surface area contributed by atoms with Crippen LogP contribution in [0.5, 0.6) is 0 Å². The van der Waals surface area contributed by atoms with Crippen molar-refractivity contribution in [3.05, 3.63) is 41.2 Å². The molecule has 1 atom stereocenters. The second kappa shape index (κ2) is 5.13. The lowest BCUT2D eigenvalue weighted by molar-refractivity contribution is -0.118. The predicted octanol–water partition coefficient (Wildman–Crippen LogP) is 2.22. The van der Waals surface area contributed by atoms with E-state index >= 15 is 0 Å². The molecule has 2 heterocycles. The monoisotopic (exact) mass is 300 g/mol. The lowest BCUT2D eigenvalue weighted by Gasteiger charge is -2.11. The molecule has 2 aromatic rings. The Morgan fingerprint density at radius 1 is 1.19 bits per heavy atom. The summed E-state index contributed by atoms with van der Waals surface area (Å²) < 4.78 is 0. The number of carbonyl (C=O) groups excluding carboxylic acids is 1. The molecule has 1 aromatic carbocycles. The summed E-state index contributed by atoms with van der Waals surface area (Å²) in [5.74, 6) is -0.0743. The Balaban J connectivity index is 1.93. The number of amides is 1. The van der Waals surface area contributed by atoms with E-state index in [0.29, 0.717) is 5.16 Å². The maximum atomic E-state index is 11.9. The van der Waals surface area contributed by atoms with Crippen molar-refractivity contribution in [1.29, 1.82) is 0 Å². The van der Waals surface area contributed by atoms with Crippen LogP contribution < -0.4 is 10.6 Å². The van der Waals surface area contributed by atoms with Crippen LogP contribution in [0.1, 0.15) is 23.0 Å². The zero-order valence-corrected chi connectivity index (χ0v) is 12.9. The maximum Gasteiger partial charge on any atom is 0.248 e. The molecule has 1 unspecified atom stereocenters. The Morgan fingerprint density at radius 3 is 2.52 bits per heavy atom.